The molecule has 1 atom stereocenters. The minimum Gasteiger partial charge on any atom is -0.462 e. The Kier molecular flexibility index (Phi) is 62.7. The number of hydrogen-bond acceptors (Lipinski definition) is 6. The fourth-order valence-electron chi connectivity index (χ4n) is 9.70. The first-order valence-electron chi connectivity index (χ1n) is 33.4. The molecule has 0 radical (unpaired) electrons. The van der Waals surface area contributed by atoms with Crippen molar-refractivity contribution in [2.45, 2.75) is 348 Å². The average Bonchev–Trinajstić information content (AvgIpc) is 3.43. The fraction of sp³-hybridized carbons (Fsp3) is 0.789. The van der Waals surface area contributed by atoms with Crippen LogP contribution in [0.4, 0.5) is 0 Å². The van der Waals surface area contributed by atoms with Gasteiger partial charge in [0.25, 0.3) is 0 Å². The minimum absolute atomic E-state index is 0.0856. The summed E-state index contributed by atoms with van der Waals surface area (Å²) in [5.74, 6) is -0.912. The second-order valence-electron chi connectivity index (χ2n) is 22.4. The predicted octanol–water partition coefficient (Wildman–Crippen LogP) is 22.9. The molecule has 1 unspecified atom stereocenters. The van der Waals surface area contributed by atoms with E-state index in [0.717, 1.165) is 96.3 Å². The zero-order valence-electron chi connectivity index (χ0n) is 51.2. The Morgan fingerprint density at radius 3 is 0.818 bits per heavy atom. The topological polar surface area (TPSA) is 78.9 Å². The number of allylic oxidation sites excluding steroid dienone is 12. The van der Waals surface area contributed by atoms with Crippen molar-refractivity contribution >= 4 is 17.9 Å². The highest BCUT2D eigenvalue weighted by atomic mass is 16.6. The summed E-state index contributed by atoms with van der Waals surface area (Å²) < 4.78 is 16.8. The molecule has 0 aliphatic carbocycles. The van der Waals surface area contributed by atoms with Gasteiger partial charge < -0.3 is 14.2 Å². The summed E-state index contributed by atoms with van der Waals surface area (Å²) in [4.78, 5) is 38.1. The van der Waals surface area contributed by atoms with Gasteiger partial charge in [0.1, 0.15) is 13.2 Å². The molecule has 77 heavy (non-hydrogen) atoms. The van der Waals surface area contributed by atoms with E-state index in [-0.39, 0.29) is 31.1 Å². The van der Waals surface area contributed by atoms with E-state index in [4.69, 9.17) is 14.2 Å². The Bertz CT molecular complexity index is 1420. The van der Waals surface area contributed by atoms with E-state index in [1.807, 2.05) is 0 Å². The van der Waals surface area contributed by atoms with Crippen LogP contribution in [0.2, 0.25) is 0 Å². The van der Waals surface area contributed by atoms with Crippen molar-refractivity contribution in [1.82, 2.24) is 0 Å². The van der Waals surface area contributed by atoms with Crippen molar-refractivity contribution in [3.63, 3.8) is 0 Å². The van der Waals surface area contributed by atoms with Crippen LogP contribution in [-0.4, -0.2) is 37.2 Å². The number of hydrogen-bond donors (Lipinski definition) is 0. The molecule has 0 amide bonds. The molecule has 0 aromatic rings. The van der Waals surface area contributed by atoms with Crippen LogP contribution in [0.15, 0.2) is 72.9 Å². The van der Waals surface area contributed by atoms with Gasteiger partial charge in [0, 0.05) is 19.3 Å². The molecule has 0 aromatic carbocycles. The van der Waals surface area contributed by atoms with Gasteiger partial charge in [-0.15, -0.1) is 0 Å². The standard InChI is InChI=1S/C71H126O6/c1-4-7-10-13-16-18-20-22-24-26-28-29-30-31-32-33-34-35-36-37-38-39-40-41-43-44-46-48-50-52-55-58-61-64-70(73)76-67-68(66-75-69(72)63-60-57-54-15-12-9-6-3)77-71(74)65-62-59-56-53-51-49-47-45-42-27-25-23-21-19-17-14-11-8-5-2/h8,11,17,19,23,25-26,28,42,45,49,51,68H,4-7,9-10,12-16,18,20-22,24,27,29-41,43-44,46-48,50,52-67H2,1-3H3/b11-8-,19-17-,25-23-,28-26-,45-42-,51-49-. The molecule has 0 aliphatic heterocycles. The number of ether oxygens (including phenoxy) is 3. The van der Waals surface area contributed by atoms with Crippen molar-refractivity contribution in [3.8, 4) is 0 Å². The van der Waals surface area contributed by atoms with Crippen molar-refractivity contribution in [1.29, 1.82) is 0 Å². The summed E-state index contributed by atoms with van der Waals surface area (Å²) in [6, 6.07) is 0. The Morgan fingerprint density at radius 1 is 0.273 bits per heavy atom. The highest BCUT2D eigenvalue weighted by molar-refractivity contribution is 5.71. The molecule has 0 fully saturated rings. The quantitative estimate of drug-likeness (QED) is 0.0261. The maximum Gasteiger partial charge on any atom is 0.306 e. The van der Waals surface area contributed by atoms with E-state index in [9.17, 15) is 14.4 Å². The average molecular weight is 1080 g/mol. The van der Waals surface area contributed by atoms with Crippen molar-refractivity contribution in [2.24, 2.45) is 0 Å². The van der Waals surface area contributed by atoms with E-state index < -0.39 is 6.10 Å². The Hall–Kier alpha value is -3.15. The largest absolute Gasteiger partial charge is 0.462 e. The maximum absolute atomic E-state index is 12.8. The molecule has 0 aliphatic rings. The Balaban J connectivity index is 4.03. The number of esters is 3. The molecule has 6 heteroatoms. The van der Waals surface area contributed by atoms with Gasteiger partial charge >= 0.3 is 17.9 Å². The van der Waals surface area contributed by atoms with Crippen molar-refractivity contribution < 1.29 is 28.6 Å². The predicted molar refractivity (Wildman–Crippen MR) is 335 cm³/mol. The smallest absolute Gasteiger partial charge is 0.306 e. The molecule has 6 nitrogen and oxygen atoms in total. The molecule has 0 spiro atoms. The van der Waals surface area contributed by atoms with Crippen LogP contribution in [0.25, 0.3) is 0 Å². The lowest BCUT2D eigenvalue weighted by molar-refractivity contribution is -0.167. The second-order valence-corrected chi connectivity index (χ2v) is 22.4. The van der Waals surface area contributed by atoms with Crippen LogP contribution < -0.4 is 0 Å². The van der Waals surface area contributed by atoms with Gasteiger partial charge in [-0.2, -0.15) is 0 Å². The molecule has 0 N–H and O–H groups in total. The second kappa shape index (κ2) is 65.4. The van der Waals surface area contributed by atoms with Gasteiger partial charge in [-0.3, -0.25) is 14.4 Å². The van der Waals surface area contributed by atoms with Gasteiger partial charge in [-0.25, -0.2) is 0 Å². The lowest BCUT2D eigenvalue weighted by Crippen LogP contribution is -2.30. The molecule has 0 aromatic heterocycles. The van der Waals surface area contributed by atoms with Gasteiger partial charge in [0.2, 0.25) is 0 Å². The molecule has 0 rings (SSSR count). The lowest BCUT2D eigenvalue weighted by atomic mass is 10.0. The third-order valence-electron chi connectivity index (χ3n) is 14.7. The van der Waals surface area contributed by atoms with E-state index in [0.29, 0.717) is 19.3 Å². The summed E-state index contributed by atoms with van der Waals surface area (Å²) in [5.41, 5.74) is 0. The summed E-state index contributed by atoms with van der Waals surface area (Å²) in [7, 11) is 0. The van der Waals surface area contributed by atoms with Gasteiger partial charge in [0.15, 0.2) is 6.10 Å². The third kappa shape index (κ3) is 63.6. The number of carbonyl (C=O) groups excluding carboxylic acids is 3. The Morgan fingerprint density at radius 2 is 0.506 bits per heavy atom. The van der Waals surface area contributed by atoms with Gasteiger partial charge in [-0.1, -0.05) is 306 Å². The first kappa shape index (κ1) is 73.8. The molecular formula is C71H126O6. The third-order valence-corrected chi connectivity index (χ3v) is 14.7. The molecule has 0 heterocycles. The lowest BCUT2D eigenvalue weighted by Gasteiger charge is -2.18. The van der Waals surface area contributed by atoms with Crippen LogP contribution in [0, 0.1) is 0 Å². The zero-order chi connectivity index (χ0) is 55.7. The highest BCUT2D eigenvalue weighted by Gasteiger charge is 2.19. The van der Waals surface area contributed by atoms with E-state index in [1.165, 1.54) is 205 Å². The summed E-state index contributed by atoms with van der Waals surface area (Å²) in [5, 5.41) is 0. The summed E-state index contributed by atoms with van der Waals surface area (Å²) >= 11 is 0. The van der Waals surface area contributed by atoms with Gasteiger partial charge in [0.05, 0.1) is 0 Å². The van der Waals surface area contributed by atoms with Crippen LogP contribution in [-0.2, 0) is 28.6 Å². The molecule has 0 saturated heterocycles. The van der Waals surface area contributed by atoms with Crippen LogP contribution in [0.3, 0.4) is 0 Å². The molecule has 0 saturated carbocycles. The van der Waals surface area contributed by atoms with E-state index in [2.05, 4.69) is 93.7 Å². The molecule has 0 bridgehead atoms. The van der Waals surface area contributed by atoms with E-state index >= 15 is 0 Å². The minimum atomic E-state index is -0.789. The molecule has 446 valence electrons. The van der Waals surface area contributed by atoms with Crippen LogP contribution in [0.5, 0.6) is 0 Å². The maximum atomic E-state index is 12.8. The normalized spacial score (nSPS) is 12.5. The van der Waals surface area contributed by atoms with Gasteiger partial charge in [-0.05, 0) is 89.9 Å². The molecular weight excluding hydrogens is 949 g/mol. The number of unbranched alkanes of at least 4 members (excludes halogenated alkanes) is 38. The highest BCUT2D eigenvalue weighted by Crippen LogP contribution is 2.17. The monoisotopic (exact) mass is 1070 g/mol. The fourth-order valence-corrected chi connectivity index (χ4v) is 9.70. The first-order valence-corrected chi connectivity index (χ1v) is 33.4. The Labute approximate surface area is 478 Å². The zero-order valence-corrected chi connectivity index (χ0v) is 51.2. The first-order chi connectivity index (χ1) is 38.0. The number of carbonyl (C=O) groups is 3. The van der Waals surface area contributed by atoms with Crippen molar-refractivity contribution in [2.75, 3.05) is 13.2 Å². The van der Waals surface area contributed by atoms with Crippen LogP contribution >= 0.6 is 0 Å². The van der Waals surface area contributed by atoms with Crippen LogP contribution in [0.1, 0.15) is 342 Å². The SMILES string of the molecule is CC/C=C\C/C=C\C/C=C\C/C=C\C/C=C\CCCCCC(=O)OC(COC(=O)CCCCCCCCC)COC(=O)CCCCCCCCCCCCCCCCCCCCCCC/C=C\CCCCCCCCCC. The summed E-state index contributed by atoms with van der Waals surface area (Å²) in [6.07, 6.45) is 85.4. The van der Waals surface area contributed by atoms with E-state index in [1.54, 1.807) is 0 Å². The van der Waals surface area contributed by atoms with Crippen molar-refractivity contribution in [3.05, 3.63) is 72.9 Å². The number of rotatable bonds is 61. The summed E-state index contributed by atoms with van der Waals surface area (Å²) in [6.45, 7) is 6.49.